The number of rotatable bonds is 3. The average Bonchev–Trinajstić information content (AvgIpc) is 2.70. The molecule has 0 aliphatic rings. The highest BCUT2D eigenvalue weighted by Crippen LogP contribution is 2.24. The Morgan fingerprint density at radius 2 is 2.19 bits per heavy atom. The number of nitrogens with one attached hydrogen (secondary N) is 1. The number of thiazole rings is 1. The highest BCUT2D eigenvalue weighted by molar-refractivity contribution is 7.15. The maximum absolute atomic E-state index is 5.55. The van der Waals surface area contributed by atoms with Crippen LogP contribution < -0.4 is 11.1 Å². The molecule has 0 atom stereocenters. The molecule has 0 saturated carbocycles. The Labute approximate surface area is 99.3 Å². The molecule has 0 radical (unpaired) electrons. The maximum atomic E-state index is 5.55. The van der Waals surface area contributed by atoms with Gasteiger partial charge in [0.25, 0.3) is 0 Å². The van der Waals surface area contributed by atoms with E-state index in [4.69, 9.17) is 5.73 Å². The fraction of sp³-hybridized carbons (Fsp3) is 0.250. The SMILES string of the molecule is Cc1ccc(Nc2ncc(CN)s2)c(C)c1. The molecule has 84 valence electrons. The minimum Gasteiger partial charge on any atom is -0.331 e. The van der Waals surface area contributed by atoms with Crippen LogP contribution >= 0.6 is 11.3 Å². The van der Waals surface area contributed by atoms with Gasteiger partial charge in [-0.05, 0) is 25.5 Å². The molecule has 0 aliphatic heterocycles. The van der Waals surface area contributed by atoms with Crippen LogP contribution in [0.5, 0.6) is 0 Å². The molecule has 3 N–H and O–H groups in total. The van der Waals surface area contributed by atoms with Crippen LogP contribution in [0, 0.1) is 13.8 Å². The Kier molecular flexibility index (Phi) is 3.22. The quantitative estimate of drug-likeness (QED) is 0.857. The Hall–Kier alpha value is -1.39. The predicted molar refractivity (Wildman–Crippen MR) is 69.2 cm³/mol. The maximum Gasteiger partial charge on any atom is 0.187 e. The Morgan fingerprint density at radius 1 is 1.38 bits per heavy atom. The fourth-order valence-corrected chi connectivity index (χ4v) is 2.23. The molecule has 1 aromatic carbocycles. The van der Waals surface area contributed by atoms with Crippen molar-refractivity contribution in [3.05, 3.63) is 40.4 Å². The van der Waals surface area contributed by atoms with Crippen LogP contribution in [0.1, 0.15) is 16.0 Å². The van der Waals surface area contributed by atoms with Crippen LogP contribution in [0.3, 0.4) is 0 Å². The summed E-state index contributed by atoms with van der Waals surface area (Å²) < 4.78 is 0. The van der Waals surface area contributed by atoms with Crippen LogP contribution in [0.2, 0.25) is 0 Å². The van der Waals surface area contributed by atoms with Crippen LogP contribution in [-0.2, 0) is 6.54 Å². The van der Waals surface area contributed by atoms with Gasteiger partial charge < -0.3 is 11.1 Å². The fourth-order valence-electron chi connectivity index (χ4n) is 1.53. The van der Waals surface area contributed by atoms with Crippen molar-refractivity contribution in [3.8, 4) is 0 Å². The van der Waals surface area contributed by atoms with Gasteiger partial charge in [0.05, 0.1) is 0 Å². The van der Waals surface area contributed by atoms with Gasteiger partial charge in [0.2, 0.25) is 0 Å². The molecular weight excluding hydrogens is 218 g/mol. The third-order valence-corrected chi connectivity index (χ3v) is 3.31. The highest BCUT2D eigenvalue weighted by Gasteiger charge is 2.03. The van der Waals surface area contributed by atoms with E-state index < -0.39 is 0 Å². The number of anilines is 2. The molecule has 0 spiro atoms. The van der Waals surface area contributed by atoms with Crippen molar-refractivity contribution in [3.63, 3.8) is 0 Å². The van der Waals surface area contributed by atoms with E-state index in [0.29, 0.717) is 6.54 Å². The molecule has 0 fully saturated rings. The van der Waals surface area contributed by atoms with Gasteiger partial charge in [0.15, 0.2) is 5.13 Å². The first kappa shape index (κ1) is 11.1. The summed E-state index contributed by atoms with van der Waals surface area (Å²) in [4.78, 5) is 5.36. The number of hydrogen-bond acceptors (Lipinski definition) is 4. The average molecular weight is 233 g/mol. The van der Waals surface area contributed by atoms with Gasteiger partial charge in [-0.25, -0.2) is 4.98 Å². The van der Waals surface area contributed by atoms with Crippen LogP contribution in [-0.4, -0.2) is 4.98 Å². The van der Waals surface area contributed by atoms with Gasteiger partial charge in [-0.15, -0.1) is 11.3 Å². The van der Waals surface area contributed by atoms with Gasteiger partial charge in [-0.3, -0.25) is 0 Å². The van der Waals surface area contributed by atoms with Crippen LogP contribution in [0.4, 0.5) is 10.8 Å². The summed E-state index contributed by atoms with van der Waals surface area (Å²) >= 11 is 1.59. The Morgan fingerprint density at radius 3 is 2.81 bits per heavy atom. The van der Waals surface area contributed by atoms with E-state index in [-0.39, 0.29) is 0 Å². The van der Waals surface area contributed by atoms with Crippen molar-refractivity contribution in [2.45, 2.75) is 20.4 Å². The summed E-state index contributed by atoms with van der Waals surface area (Å²) in [6.45, 7) is 4.73. The summed E-state index contributed by atoms with van der Waals surface area (Å²) in [5, 5.41) is 4.20. The second kappa shape index (κ2) is 4.63. The molecule has 0 amide bonds. The van der Waals surface area contributed by atoms with E-state index >= 15 is 0 Å². The first-order chi connectivity index (χ1) is 7.69. The number of benzene rings is 1. The van der Waals surface area contributed by atoms with Gasteiger partial charge >= 0.3 is 0 Å². The lowest BCUT2D eigenvalue weighted by Gasteiger charge is -2.07. The predicted octanol–water partition coefficient (Wildman–Crippen LogP) is 2.96. The molecule has 0 aliphatic carbocycles. The van der Waals surface area contributed by atoms with Crippen LogP contribution in [0.15, 0.2) is 24.4 Å². The minimum absolute atomic E-state index is 0.548. The van der Waals surface area contributed by atoms with Crippen LogP contribution in [0.25, 0.3) is 0 Å². The molecule has 1 heterocycles. The summed E-state index contributed by atoms with van der Waals surface area (Å²) in [6, 6.07) is 6.32. The van der Waals surface area contributed by atoms with Crippen molar-refractivity contribution in [1.29, 1.82) is 0 Å². The summed E-state index contributed by atoms with van der Waals surface area (Å²) in [6.07, 6.45) is 1.82. The second-order valence-electron chi connectivity index (χ2n) is 3.78. The largest absolute Gasteiger partial charge is 0.331 e. The molecule has 1 aromatic heterocycles. The first-order valence-electron chi connectivity index (χ1n) is 5.18. The van der Waals surface area contributed by atoms with Gasteiger partial charge in [-0.1, -0.05) is 17.7 Å². The van der Waals surface area contributed by atoms with Crippen molar-refractivity contribution in [2.24, 2.45) is 5.73 Å². The first-order valence-corrected chi connectivity index (χ1v) is 6.00. The number of nitrogens with two attached hydrogens (primary N) is 1. The summed E-state index contributed by atoms with van der Waals surface area (Å²) in [5.74, 6) is 0. The van der Waals surface area contributed by atoms with E-state index in [2.05, 4.69) is 42.3 Å². The minimum atomic E-state index is 0.548. The molecular formula is C12H15N3S. The molecule has 0 unspecified atom stereocenters. The number of aryl methyl sites for hydroxylation is 2. The normalized spacial score (nSPS) is 10.4. The Bertz CT molecular complexity index is 491. The molecule has 0 bridgehead atoms. The topological polar surface area (TPSA) is 50.9 Å². The van der Waals surface area contributed by atoms with E-state index in [0.717, 1.165) is 15.7 Å². The van der Waals surface area contributed by atoms with E-state index in [1.807, 2.05) is 6.20 Å². The van der Waals surface area contributed by atoms with E-state index in [9.17, 15) is 0 Å². The Balaban J connectivity index is 2.20. The van der Waals surface area contributed by atoms with E-state index in [1.54, 1.807) is 11.3 Å². The number of nitrogens with zero attached hydrogens (tertiary/aromatic N) is 1. The standard InChI is InChI=1S/C12H15N3S/c1-8-3-4-11(9(2)5-8)15-12-14-7-10(6-13)16-12/h3-5,7H,6,13H2,1-2H3,(H,14,15). The molecule has 16 heavy (non-hydrogen) atoms. The summed E-state index contributed by atoms with van der Waals surface area (Å²) in [5.41, 5.74) is 9.14. The van der Waals surface area contributed by atoms with Gasteiger partial charge in [-0.2, -0.15) is 0 Å². The van der Waals surface area contributed by atoms with E-state index in [1.165, 1.54) is 11.1 Å². The highest BCUT2D eigenvalue weighted by atomic mass is 32.1. The zero-order valence-corrected chi connectivity index (χ0v) is 10.3. The zero-order valence-electron chi connectivity index (χ0n) is 9.45. The molecule has 2 aromatic rings. The van der Waals surface area contributed by atoms with Crippen molar-refractivity contribution < 1.29 is 0 Å². The van der Waals surface area contributed by atoms with Crippen molar-refractivity contribution in [2.75, 3.05) is 5.32 Å². The smallest absolute Gasteiger partial charge is 0.187 e. The third kappa shape index (κ3) is 2.40. The van der Waals surface area contributed by atoms with Crippen molar-refractivity contribution in [1.82, 2.24) is 4.98 Å². The second-order valence-corrected chi connectivity index (χ2v) is 4.89. The van der Waals surface area contributed by atoms with Crippen molar-refractivity contribution >= 4 is 22.2 Å². The third-order valence-electron chi connectivity index (χ3n) is 2.38. The molecule has 0 saturated heterocycles. The summed E-state index contributed by atoms with van der Waals surface area (Å²) in [7, 11) is 0. The molecule has 3 nitrogen and oxygen atoms in total. The van der Waals surface area contributed by atoms with Gasteiger partial charge in [0, 0.05) is 23.3 Å². The monoisotopic (exact) mass is 233 g/mol. The lowest BCUT2D eigenvalue weighted by atomic mass is 10.1. The molecule has 4 heteroatoms. The molecule has 2 rings (SSSR count). The van der Waals surface area contributed by atoms with Gasteiger partial charge in [0.1, 0.15) is 0 Å². The lowest BCUT2D eigenvalue weighted by molar-refractivity contribution is 1.10. The number of hydrogen-bond donors (Lipinski definition) is 2. The zero-order chi connectivity index (χ0) is 11.5. The lowest BCUT2D eigenvalue weighted by Crippen LogP contribution is -1.92. The number of aromatic nitrogens is 1.